The fraction of sp³-hybridized carbons (Fsp3) is 0.400. The summed E-state index contributed by atoms with van der Waals surface area (Å²) in [6, 6.07) is 30.6. The van der Waals surface area contributed by atoms with Crippen molar-refractivity contribution in [1.29, 1.82) is 0 Å². The molecule has 0 aliphatic carbocycles. The zero-order chi connectivity index (χ0) is 29.2. The summed E-state index contributed by atoms with van der Waals surface area (Å²) in [5, 5.41) is -0.00797. The van der Waals surface area contributed by atoms with Crippen LogP contribution in [0.2, 0.25) is 18.1 Å². The molecule has 0 N–H and O–H groups in total. The van der Waals surface area contributed by atoms with Crippen LogP contribution in [0.25, 0.3) is 0 Å². The monoisotopic (exact) mass is 555 g/mol. The Kier molecular flexibility index (Phi) is 11.3. The van der Waals surface area contributed by atoms with Crippen LogP contribution in [-0.4, -0.2) is 31.3 Å². The molecule has 0 aliphatic rings. The van der Waals surface area contributed by atoms with E-state index in [4.69, 9.17) is 9.16 Å². The Morgan fingerprint density at radius 2 is 1.25 bits per heavy atom. The van der Waals surface area contributed by atoms with Crippen LogP contribution in [0.3, 0.4) is 0 Å². The maximum atomic E-state index is 12.8. The van der Waals surface area contributed by atoms with E-state index < -0.39 is 20.4 Å². The number of hydrogen-bond donors (Lipinski definition) is 0. The van der Waals surface area contributed by atoms with E-state index in [9.17, 15) is 4.79 Å². The van der Waals surface area contributed by atoms with E-state index >= 15 is 0 Å². The molecule has 3 aromatic carbocycles. The van der Waals surface area contributed by atoms with Gasteiger partial charge in [-0.25, -0.2) is 4.79 Å². The minimum atomic E-state index is -2.23. The Balaban J connectivity index is 1.97. The Hall–Kier alpha value is -3.17. The predicted molar refractivity (Wildman–Crippen MR) is 167 cm³/mol. The molecule has 0 spiro atoms. The first kappa shape index (κ1) is 31.4. The summed E-state index contributed by atoms with van der Waals surface area (Å²) in [6.45, 7) is 17.3. The summed E-state index contributed by atoms with van der Waals surface area (Å²) >= 11 is 0. The highest BCUT2D eigenvalue weighted by Gasteiger charge is 2.42. The third-order valence-corrected chi connectivity index (χ3v) is 12.1. The molecule has 0 aromatic heterocycles. The summed E-state index contributed by atoms with van der Waals surface area (Å²) in [4.78, 5) is 15.2. The van der Waals surface area contributed by atoms with Crippen molar-refractivity contribution >= 4 is 14.3 Å². The first-order valence-corrected chi connectivity index (χ1v) is 17.1. The quantitative estimate of drug-likeness (QED) is 0.105. The molecule has 0 fully saturated rings. The lowest BCUT2D eigenvalue weighted by Crippen LogP contribution is -2.53. The first-order chi connectivity index (χ1) is 19.0. The fourth-order valence-corrected chi connectivity index (χ4v) is 5.62. The van der Waals surface area contributed by atoms with Gasteiger partial charge in [-0.3, -0.25) is 4.90 Å². The van der Waals surface area contributed by atoms with Gasteiger partial charge in [-0.15, -0.1) is 0 Å². The number of benzene rings is 3. The average Bonchev–Trinajstić information content (AvgIpc) is 2.91. The van der Waals surface area contributed by atoms with E-state index in [1.807, 2.05) is 42.5 Å². The second kappa shape index (κ2) is 14.5. The van der Waals surface area contributed by atoms with Crippen LogP contribution < -0.4 is 0 Å². The average molecular weight is 556 g/mol. The zero-order valence-electron chi connectivity index (χ0n) is 25.2. The molecule has 40 heavy (non-hydrogen) atoms. The van der Waals surface area contributed by atoms with Gasteiger partial charge >= 0.3 is 5.97 Å². The SMILES string of the molecule is CC(C)[C@@H]([C@@H](C#CC(=O)OCc1ccccc1)O[Si](C)(C)C(C)(C)C)N(Cc1ccccc1)Cc1ccccc1. The number of rotatable bonds is 11. The maximum Gasteiger partial charge on any atom is 0.384 e. The maximum absolute atomic E-state index is 12.8. The number of carbonyl (C=O) groups is 1. The van der Waals surface area contributed by atoms with Crippen molar-refractivity contribution in [3.8, 4) is 11.8 Å². The van der Waals surface area contributed by atoms with Crippen molar-refractivity contribution in [2.24, 2.45) is 5.92 Å². The minimum absolute atomic E-state index is 0.00797. The van der Waals surface area contributed by atoms with Crippen LogP contribution in [0.5, 0.6) is 0 Å². The van der Waals surface area contributed by atoms with Crippen LogP contribution in [0.1, 0.15) is 51.3 Å². The van der Waals surface area contributed by atoms with Gasteiger partial charge in [0.15, 0.2) is 8.32 Å². The lowest BCUT2D eigenvalue weighted by molar-refractivity contribution is -0.137. The lowest BCUT2D eigenvalue weighted by atomic mass is 9.95. The molecule has 4 nitrogen and oxygen atoms in total. The van der Waals surface area contributed by atoms with Crippen molar-refractivity contribution in [2.75, 3.05) is 0 Å². The largest absolute Gasteiger partial charge is 0.451 e. The van der Waals surface area contributed by atoms with Crippen molar-refractivity contribution in [2.45, 2.75) is 84.6 Å². The van der Waals surface area contributed by atoms with Crippen molar-refractivity contribution in [3.63, 3.8) is 0 Å². The number of hydrogen-bond acceptors (Lipinski definition) is 4. The third-order valence-electron chi connectivity index (χ3n) is 7.63. The van der Waals surface area contributed by atoms with Gasteiger partial charge in [0, 0.05) is 25.1 Å². The number of esters is 1. The Morgan fingerprint density at radius 3 is 1.68 bits per heavy atom. The smallest absolute Gasteiger partial charge is 0.384 e. The zero-order valence-corrected chi connectivity index (χ0v) is 26.2. The molecule has 0 aliphatic heterocycles. The summed E-state index contributed by atoms with van der Waals surface area (Å²) in [5.41, 5.74) is 3.39. The normalized spacial score (nSPS) is 13.4. The lowest BCUT2D eigenvalue weighted by Gasteiger charge is -2.44. The molecule has 0 unspecified atom stereocenters. The van der Waals surface area contributed by atoms with Crippen molar-refractivity contribution in [1.82, 2.24) is 4.90 Å². The van der Waals surface area contributed by atoms with Crippen LogP contribution in [-0.2, 0) is 33.7 Å². The molecule has 0 amide bonds. The van der Waals surface area contributed by atoms with Crippen LogP contribution in [0, 0.1) is 17.8 Å². The molecule has 2 atom stereocenters. The summed E-state index contributed by atoms with van der Waals surface area (Å²) < 4.78 is 12.5. The summed E-state index contributed by atoms with van der Waals surface area (Å²) in [5.74, 6) is 5.75. The molecular weight excluding hydrogens is 510 g/mol. The molecule has 0 bridgehead atoms. The van der Waals surface area contributed by atoms with Crippen LogP contribution >= 0.6 is 0 Å². The second-order valence-electron chi connectivity index (χ2n) is 12.2. The number of carbonyl (C=O) groups excluding carboxylic acids is 1. The molecule has 0 saturated heterocycles. The second-order valence-corrected chi connectivity index (χ2v) is 17.0. The highest BCUT2D eigenvalue weighted by molar-refractivity contribution is 6.74. The van der Waals surface area contributed by atoms with Gasteiger partial charge in [0.25, 0.3) is 0 Å². The molecular formula is C35H45NO3Si. The predicted octanol–water partition coefficient (Wildman–Crippen LogP) is 7.85. The molecule has 3 rings (SSSR count). The van der Waals surface area contributed by atoms with Gasteiger partial charge in [-0.1, -0.05) is 132 Å². The Morgan fingerprint density at radius 1 is 0.800 bits per heavy atom. The standard InChI is InChI=1S/C35H45NO3Si/c1-28(2)34(36(25-29-17-11-8-12-18-29)26-30-19-13-9-14-20-30)32(39-40(6,7)35(3,4)5)23-24-33(37)38-27-31-21-15-10-16-22-31/h8-22,28,32,34H,25-27H2,1-7H3/t32-,34+/m1/s1. The molecule has 5 heteroatoms. The highest BCUT2D eigenvalue weighted by Crippen LogP contribution is 2.38. The van der Waals surface area contributed by atoms with E-state index in [1.165, 1.54) is 11.1 Å². The van der Waals surface area contributed by atoms with Gasteiger partial charge in [-0.05, 0) is 40.7 Å². The van der Waals surface area contributed by atoms with Gasteiger partial charge in [-0.2, -0.15) is 0 Å². The topological polar surface area (TPSA) is 38.8 Å². The van der Waals surface area contributed by atoms with Gasteiger partial charge in [0.1, 0.15) is 12.7 Å². The highest BCUT2D eigenvalue weighted by atomic mass is 28.4. The van der Waals surface area contributed by atoms with Crippen LogP contribution in [0.4, 0.5) is 0 Å². The molecule has 0 saturated carbocycles. The van der Waals surface area contributed by atoms with Gasteiger partial charge in [0.2, 0.25) is 0 Å². The molecule has 212 valence electrons. The van der Waals surface area contributed by atoms with E-state index in [-0.39, 0.29) is 23.6 Å². The van der Waals surface area contributed by atoms with Crippen molar-refractivity contribution in [3.05, 3.63) is 108 Å². The Bertz CT molecular complexity index is 1200. The van der Waals surface area contributed by atoms with Crippen LogP contribution in [0.15, 0.2) is 91.0 Å². The van der Waals surface area contributed by atoms with E-state index in [0.717, 1.165) is 18.7 Å². The Labute approximate surface area is 242 Å². The van der Waals surface area contributed by atoms with E-state index in [1.54, 1.807) is 0 Å². The molecule has 3 aromatic rings. The number of ether oxygens (including phenoxy) is 1. The van der Waals surface area contributed by atoms with Gasteiger partial charge in [0.05, 0.1) is 0 Å². The molecule has 0 heterocycles. The fourth-order valence-electron chi connectivity index (χ4n) is 4.43. The summed E-state index contributed by atoms with van der Waals surface area (Å²) in [7, 11) is -2.23. The van der Waals surface area contributed by atoms with Crippen molar-refractivity contribution < 1.29 is 14.0 Å². The minimum Gasteiger partial charge on any atom is -0.451 e. The first-order valence-electron chi connectivity index (χ1n) is 14.2. The third kappa shape index (κ3) is 9.48. The molecule has 0 radical (unpaired) electrons. The van der Waals surface area contributed by atoms with E-state index in [0.29, 0.717) is 0 Å². The van der Waals surface area contributed by atoms with E-state index in [2.05, 4.69) is 113 Å². The van der Waals surface area contributed by atoms with Gasteiger partial charge < -0.3 is 9.16 Å². The number of nitrogens with zero attached hydrogens (tertiary/aromatic N) is 1. The summed E-state index contributed by atoms with van der Waals surface area (Å²) in [6.07, 6.45) is -0.461.